The molecule has 2 rings (SSSR count). The van der Waals surface area contributed by atoms with Gasteiger partial charge in [0, 0.05) is 12.0 Å². The maximum absolute atomic E-state index is 12.4. The molecule has 0 fully saturated rings. The van der Waals surface area contributed by atoms with Crippen LogP contribution < -0.4 is 14.8 Å². The summed E-state index contributed by atoms with van der Waals surface area (Å²) in [6.07, 6.45) is -5.34. The highest BCUT2D eigenvalue weighted by atomic mass is 19.4. The summed E-state index contributed by atoms with van der Waals surface area (Å²) in [6, 6.07) is 14.4. The van der Waals surface area contributed by atoms with Crippen molar-refractivity contribution in [2.75, 3.05) is 19.8 Å². The number of nitrogens with one attached hydrogen (secondary N) is 1. The minimum atomic E-state index is -4.71. The van der Waals surface area contributed by atoms with Crippen molar-refractivity contribution in [1.29, 1.82) is 0 Å². The lowest BCUT2D eigenvalue weighted by Crippen LogP contribution is -2.34. The van der Waals surface area contributed by atoms with E-state index in [1.165, 1.54) is 6.08 Å². The Morgan fingerprint density at radius 3 is 2.00 bits per heavy atom. The molecule has 0 radical (unpaired) electrons. The number of hydrogen-bond donors (Lipinski definition) is 2. The van der Waals surface area contributed by atoms with E-state index in [4.69, 9.17) is 14.6 Å². The van der Waals surface area contributed by atoms with Crippen LogP contribution in [-0.2, 0) is 10.2 Å². The van der Waals surface area contributed by atoms with Crippen molar-refractivity contribution in [2.45, 2.75) is 38.0 Å². The predicted molar refractivity (Wildman–Crippen MR) is 116 cm³/mol. The Labute approximate surface area is 185 Å². The van der Waals surface area contributed by atoms with Crippen LogP contribution in [0.5, 0.6) is 11.5 Å². The van der Waals surface area contributed by atoms with E-state index in [1.54, 1.807) is 24.3 Å². The van der Waals surface area contributed by atoms with Crippen LogP contribution in [0.1, 0.15) is 31.4 Å². The van der Waals surface area contributed by atoms with Crippen LogP contribution in [0.2, 0.25) is 0 Å². The molecule has 0 heterocycles. The van der Waals surface area contributed by atoms with Gasteiger partial charge < -0.3 is 19.9 Å². The molecule has 1 unspecified atom stereocenters. The molecule has 0 saturated heterocycles. The minimum Gasteiger partial charge on any atom is -0.494 e. The topological polar surface area (TPSA) is 67.8 Å². The Kier molecular flexibility index (Phi) is 8.72. The van der Waals surface area contributed by atoms with Gasteiger partial charge in [-0.25, -0.2) is 0 Å². The molecule has 2 aromatic carbocycles. The summed E-state index contributed by atoms with van der Waals surface area (Å²) in [5.41, 5.74) is 1.62. The van der Waals surface area contributed by atoms with Gasteiger partial charge in [-0.1, -0.05) is 44.7 Å². The summed E-state index contributed by atoms with van der Waals surface area (Å²) in [4.78, 5) is 11.1. The quantitative estimate of drug-likeness (QED) is 0.393. The normalized spacial score (nSPS) is 12.7. The molecule has 174 valence electrons. The van der Waals surface area contributed by atoms with Crippen molar-refractivity contribution in [2.24, 2.45) is 0 Å². The molecular formula is C24H28F3NO4. The van der Waals surface area contributed by atoms with Crippen molar-refractivity contribution in [1.82, 2.24) is 5.32 Å². The largest absolute Gasteiger partial charge is 0.494 e. The summed E-state index contributed by atoms with van der Waals surface area (Å²) < 4.78 is 47.9. The summed E-state index contributed by atoms with van der Waals surface area (Å²) in [5, 5.41) is 11.7. The predicted octanol–water partition coefficient (Wildman–Crippen LogP) is 4.39. The number of alkyl halides is 3. The molecule has 0 aliphatic carbocycles. The number of carbonyl (C=O) groups is 1. The van der Waals surface area contributed by atoms with Crippen LogP contribution in [0.3, 0.4) is 0 Å². The van der Waals surface area contributed by atoms with Gasteiger partial charge in [-0.15, -0.1) is 0 Å². The Morgan fingerprint density at radius 1 is 1.03 bits per heavy atom. The number of halogens is 3. The van der Waals surface area contributed by atoms with E-state index < -0.39 is 18.9 Å². The smallest absolute Gasteiger partial charge is 0.417 e. The first kappa shape index (κ1) is 25.3. The van der Waals surface area contributed by atoms with Crippen molar-refractivity contribution >= 4 is 5.91 Å². The highest BCUT2D eigenvalue weighted by molar-refractivity contribution is 5.86. The van der Waals surface area contributed by atoms with E-state index in [0.29, 0.717) is 25.3 Å². The van der Waals surface area contributed by atoms with Crippen LogP contribution in [0.15, 0.2) is 61.2 Å². The molecule has 1 atom stereocenters. The first-order chi connectivity index (χ1) is 15.0. The third-order valence-electron chi connectivity index (χ3n) is 5.01. The number of benzene rings is 2. The third-order valence-corrected chi connectivity index (χ3v) is 5.01. The fourth-order valence-corrected chi connectivity index (χ4v) is 2.92. The van der Waals surface area contributed by atoms with Crippen LogP contribution in [0.4, 0.5) is 13.2 Å². The molecule has 32 heavy (non-hydrogen) atoms. The number of carbonyl (C=O) groups excluding carboxylic acids is 1. The number of ether oxygens (including phenoxy) is 2. The van der Waals surface area contributed by atoms with Crippen LogP contribution in [0, 0.1) is 0 Å². The summed E-state index contributed by atoms with van der Waals surface area (Å²) in [5.74, 6) is 0.752. The average Bonchev–Trinajstić information content (AvgIpc) is 2.77. The number of hydrogen-bond acceptors (Lipinski definition) is 4. The molecule has 8 heteroatoms. The van der Waals surface area contributed by atoms with E-state index in [-0.39, 0.29) is 17.1 Å². The van der Waals surface area contributed by atoms with E-state index in [0.717, 1.165) is 11.1 Å². The van der Waals surface area contributed by atoms with Gasteiger partial charge in [0.1, 0.15) is 18.1 Å². The van der Waals surface area contributed by atoms with Gasteiger partial charge in [0.15, 0.2) is 6.10 Å². The first-order valence-corrected chi connectivity index (χ1v) is 10.2. The van der Waals surface area contributed by atoms with E-state index in [1.807, 2.05) is 38.1 Å². The second-order valence-electron chi connectivity index (χ2n) is 7.74. The SMILES string of the molecule is C=CC(=O)NCCCOc1ccc(C(C)(C)c2ccc(OCC(O)C(F)(F)F)cc2)cc1. The minimum absolute atomic E-state index is 0.213. The van der Waals surface area contributed by atoms with E-state index in [9.17, 15) is 18.0 Å². The third kappa shape index (κ3) is 7.30. The van der Waals surface area contributed by atoms with Gasteiger partial charge in [-0.05, 0) is 47.9 Å². The van der Waals surface area contributed by atoms with Crippen LogP contribution in [0.25, 0.3) is 0 Å². The van der Waals surface area contributed by atoms with E-state index in [2.05, 4.69) is 11.9 Å². The standard InChI is InChI=1S/C24H28F3NO4/c1-4-22(30)28-14-5-15-31-19-10-6-17(7-11-19)23(2,3)18-8-12-20(13-9-18)32-16-21(29)24(25,26)27/h4,6-13,21,29H,1,5,14-16H2,2-3H3,(H,28,30). The Balaban J connectivity index is 1.92. The maximum atomic E-state index is 12.4. The molecule has 0 bridgehead atoms. The summed E-state index contributed by atoms with van der Waals surface area (Å²) in [7, 11) is 0. The Hall–Kier alpha value is -3.00. The molecule has 0 spiro atoms. The van der Waals surface area contributed by atoms with Crippen LogP contribution in [-0.4, -0.2) is 43.1 Å². The van der Waals surface area contributed by atoms with Crippen molar-refractivity contribution in [3.8, 4) is 11.5 Å². The molecular weight excluding hydrogens is 423 g/mol. The highest BCUT2D eigenvalue weighted by Crippen LogP contribution is 2.33. The zero-order chi connectivity index (χ0) is 23.8. The molecule has 0 aliphatic rings. The molecule has 5 nitrogen and oxygen atoms in total. The zero-order valence-corrected chi connectivity index (χ0v) is 18.1. The monoisotopic (exact) mass is 451 g/mol. The zero-order valence-electron chi connectivity index (χ0n) is 18.1. The molecule has 2 aromatic rings. The van der Waals surface area contributed by atoms with Gasteiger partial charge in [-0.2, -0.15) is 13.2 Å². The first-order valence-electron chi connectivity index (χ1n) is 10.2. The van der Waals surface area contributed by atoms with Gasteiger partial charge in [-0.3, -0.25) is 4.79 Å². The second-order valence-corrected chi connectivity index (χ2v) is 7.74. The van der Waals surface area contributed by atoms with Crippen molar-refractivity contribution < 1.29 is 32.5 Å². The highest BCUT2D eigenvalue weighted by Gasteiger charge is 2.38. The van der Waals surface area contributed by atoms with Crippen molar-refractivity contribution in [3.63, 3.8) is 0 Å². The van der Waals surface area contributed by atoms with E-state index >= 15 is 0 Å². The molecule has 1 amide bonds. The lowest BCUT2D eigenvalue weighted by Gasteiger charge is -2.26. The van der Waals surface area contributed by atoms with Gasteiger partial charge in [0.2, 0.25) is 5.91 Å². The molecule has 2 N–H and O–H groups in total. The lowest BCUT2D eigenvalue weighted by molar-refractivity contribution is -0.210. The fourth-order valence-electron chi connectivity index (χ4n) is 2.92. The number of amides is 1. The Morgan fingerprint density at radius 2 is 1.53 bits per heavy atom. The number of rotatable bonds is 11. The second kappa shape index (κ2) is 11.0. The lowest BCUT2D eigenvalue weighted by atomic mass is 9.78. The summed E-state index contributed by atoms with van der Waals surface area (Å²) >= 11 is 0. The number of aliphatic hydroxyl groups excluding tert-OH is 1. The van der Waals surface area contributed by atoms with Crippen molar-refractivity contribution in [3.05, 3.63) is 72.3 Å². The number of aliphatic hydroxyl groups is 1. The molecule has 0 aromatic heterocycles. The van der Waals surface area contributed by atoms with Gasteiger partial charge >= 0.3 is 6.18 Å². The van der Waals surface area contributed by atoms with Gasteiger partial charge in [0.25, 0.3) is 0 Å². The average molecular weight is 451 g/mol. The van der Waals surface area contributed by atoms with Gasteiger partial charge in [0.05, 0.1) is 6.61 Å². The summed E-state index contributed by atoms with van der Waals surface area (Å²) in [6.45, 7) is 7.57. The maximum Gasteiger partial charge on any atom is 0.417 e. The Bertz CT molecular complexity index is 878. The fraction of sp³-hybridized carbons (Fsp3) is 0.375. The van der Waals surface area contributed by atoms with Crippen LogP contribution >= 0.6 is 0 Å². The molecule has 0 saturated carbocycles. The molecule has 0 aliphatic heterocycles.